The SMILES string of the molecule is Cc1ccc(F)cc1C(=O)c1c(F)cccc1Br. The molecule has 2 aromatic carbocycles. The summed E-state index contributed by atoms with van der Waals surface area (Å²) < 4.78 is 27.2. The van der Waals surface area contributed by atoms with Gasteiger partial charge in [-0.2, -0.15) is 0 Å². The molecule has 0 unspecified atom stereocenters. The van der Waals surface area contributed by atoms with Gasteiger partial charge in [-0.3, -0.25) is 4.79 Å². The van der Waals surface area contributed by atoms with Gasteiger partial charge < -0.3 is 0 Å². The molecule has 2 aromatic rings. The number of hydrogen-bond donors (Lipinski definition) is 0. The number of ketones is 1. The van der Waals surface area contributed by atoms with Gasteiger partial charge in [0.1, 0.15) is 11.6 Å². The summed E-state index contributed by atoms with van der Waals surface area (Å²) in [6.45, 7) is 1.68. The van der Waals surface area contributed by atoms with Crippen LogP contribution in [0.5, 0.6) is 0 Å². The fourth-order valence-corrected chi connectivity index (χ4v) is 2.21. The quantitative estimate of drug-likeness (QED) is 0.757. The lowest BCUT2D eigenvalue weighted by atomic mass is 9.98. The Morgan fingerprint density at radius 1 is 1.17 bits per heavy atom. The highest BCUT2D eigenvalue weighted by molar-refractivity contribution is 9.10. The van der Waals surface area contributed by atoms with Crippen LogP contribution in [0.4, 0.5) is 8.78 Å². The first kappa shape index (κ1) is 12.9. The third kappa shape index (κ3) is 2.34. The van der Waals surface area contributed by atoms with Crippen LogP contribution in [0.25, 0.3) is 0 Å². The van der Waals surface area contributed by atoms with E-state index in [0.717, 1.165) is 6.07 Å². The molecule has 0 spiro atoms. The van der Waals surface area contributed by atoms with Crippen LogP contribution in [0.15, 0.2) is 40.9 Å². The molecule has 4 heteroatoms. The Kier molecular flexibility index (Phi) is 3.57. The highest BCUT2D eigenvalue weighted by Gasteiger charge is 2.19. The molecule has 0 radical (unpaired) electrons. The third-order valence-electron chi connectivity index (χ3n) is 2.63. The number of halogens is 3. The fraction of sp³-hybridized carbons (Fsp3) is 0.0714. The van der Waals surface area contributed by atoms with E-state index in [2.05, 4.69) is 15.9 Å². The summed E-state index contributed by atoms with van der Waals surface area (Å²) in [6.07, 6.45) is 0. The molecule has 0 saturated heterocycles. The second-order valence-electron chi connectivity index (χ2n) is 3.89. The van der Waals surface area contributed by atoms with Crippen LogP contribution in [-0.4, -0.2) is 5.78 Å². The molecule has 0 bridgehead atoms. The largest absolute Gasteiger partial charge is 0.288 e. The number of carbonyl (C=O) groups is 1. The van der Waals surface area contributed by atoms with Crippen molar-refractivity contribution in [3.63, 3.8) is 0 Å². The van der Waals surface area contributed by atoms with Crippen LogP contribution in [0.1, 0.15) is 21.5 Å². The first-order chi connectivity index (χ1) is 8.50. The van der Waals surface area contributed by atoms with Crippen molar-refractivity contribution in [1.82, 2.24) is 0 Å². The zero-order valence-corrected chi connectivity index (χ0v) is 11.1. The van der Waals surface area contributed by atoms with E-state index in [4.69, 9.17) is 0 Å². The molecule has 0 aliphatic rings. The lowest BCUT2D eigenvalue weighted by Gasteiger charge is -2.08. The van der Waals surface area contributed by atoms with Crippen LogP contribution in [0.3, 0.4) is 0 Å². The van der Waals surface area contributed by atoms with Gasteiger partial charge >= 0.3 is 0 Å². The van der Waals surface area contributed by atoms with Crippen LogP contribution >= 0.6 is 15.9 Å². The van der Waals surface area contributed by atoms with Crippen molar-refractivity contribution in [3.8, 4) is 0 Å². The van der Waals surface area contributed by atoms with Crippen LogP contribution in [0, 0.1) is 18.6 Å². The molecule has 92 valence electrons. The van der Waals surface area contributed by atoms with E-state index < -0.39 is 17.4 Å². The van der Waals surface area contributed by atoms with E-state index in [1.54, 1.807) is 13.0 Å². The second kappa shape index (κ2) is 4.98. The van der Waals surface area contributed by atoms with Crippen LogP contribution < -0.4 is 0 Å². The van der Waals surface area contributed by atoms with Crippen LogP contribution in [0.2, 0.25) is 0 Å². The molecule has 1 nitrogen and oxygen atoms in total. The van der Waals surface area contributed by atoms with Crippen molar-refractivity contribution in [2.24, 2.45) is 0 Å². The summed E-state index contributed by atoms with van der Waals surface area (Å²) in [5, 5.41) is 0. The maximum atomic E-state index is 13.7. The summed E-state index contributed by atoms with van der Waals surface area (Å²) in [5.41, 5.74) is 0.698. The number of hydrogen-bond acceptors (Lipinski definition) is 1. The summed E-state index contributed by atoms with van der Waals surface area (Å²) in [6, 6.07) is 8.16. The third-order valence-corrected chi connectivity index (χ3v) is 3.29. The van der Waals surface area contributed by atoms with Gasteiger partial charge in [0, 0.05) is 10.0 Å². The summed E-state index contributed by atoms with van der Waals surface area (Å²) in [5.74, 6) is -1.67. The fourth-order valence-electron chi connectivity index (χ4n) is 1.69. The molecule has 0 amide bonds. The average Bonchev–Trinajstić information content (AvgIpc) is 2.32. The van der Waals surface area contributed by atoms with Crippen molar-refractivity contribution >= 4 is 21.7 Å². The molecular formula is C14H9BrF2O. The molecule has 0 aliphatic carbocycles. The predicted molar refractivity (Wildman–Crippen MR) is 68.7 cm³/mol. The Bertz CT molecular complexity index is 603. The highest BCUT2D eigenvalue weighted by Crippen LogP contribution is 2.24. The van der Waals surface area contributed by atoms with Crippen molar-refractivity contribution < 1.29 is 13.6 Å². The molecule has 18 heavy (non-hydrogen) atoms. The second-order valence-corrected chi connectivity index (χ2v) is 4.74. The molecule has 0 fully saturated rings. The number of carbonyl (C=O) groups excluding carboxylic acids is 1. The standard InChI is InChI=1S/C14H9BrF2O/c1-8-5-6-9(16)7-10(8)14(18)13-11(15)3-2-4-12(13)17/h2-7H,1H3. The summed E-state index contributed by atoms with van der Waals surface area (Å²) >= 11 is 3.13. The Balaban J connectivity index is 2.58. The van der Waals surface area contributed by atoms with Gasteiger partial charge in [-0.15, -0.1) is 0 Å². The number of rotatable bonds is 2. The molecule has 2 rings (SSSR count). The summed E-state index contributed by atoms with van der Waals surface area (Å²) in [7, 11) is 0. The first-order valence-corrected chi connectivity index (χ1v) is 6.05. The normalized spacial score (nSPS) is 10.4. The minimum absolute atomic E-state index is 0.0776. The van der Waals surface area contributed by atoms with Gasteiger partial charge in [0.15, 0.2) is 5.78 Å². The minimum Gasteiger partial charge on any atom is -0.288 e. The predicted octanol–water partition coefficient (Wildman–Crippen LogP) is 4.27. The highest BCUT2D eigenvalue weighted by atomic mass is 79.9. The topological polar surface area (TPSA) is 17.1 Å². The van der Waals surface area contributed by atoms with Gasteiger partial charge in [0.05, 0.1) is 5.56 Å². The van der Waals surface area contributed by atoms with E-state index in [1.165, 1.54) is 24.3 Å². The van der Waals surface area contributed by atoms with E-state index in [-0.39, 0.29) is 11.1 Å². The maximum Gasteiger partial charge on any atom is 0.197 e. The summed E-state index contributed by atoms with van der Waals surface area (Å²) in [4.78, 5) is 12.2. The molecule has 0 N–H and O–H groups in total. The van der Waals surface area contributed by atoms with Crippen molar-refractivity contribution in [1.29, 1.82) is 0 Å². The maximum absolute atomic E-state index is 13.7. The van der Waals surface area contributed by atoms with E-state index in [9.17, 15) is 13.6 Å². The monoisotopic (exact) mass is 310 g/mol. The molecule has 0 heterocycles. The lowest BCUT2D eigenvalue weighted by Crippen LogP contribution is -2.07. The molecule has 0 atom stereocenters. The number of aryl methyl sites for hydroxylation is 1. The van der Waals surface area contributed by atoms with E-state index in [0.29, 0.717) is 10.0 Å². The van der Waals surface area contributed by atoms with Crippen molar-refractivity contribution in [3.05, 3.63) is 69.2 Å². The average molecular weight is 311 g/mol. The van der Waals surface area contributed by atoms with Crippen molar-refractivity contribution in [2.45, 2.75) is 6.92 Å². The van der Waals surface area contributed by atoms with Gasteiger partial charge in [-0.25, -0.2) is 8.78 Å². The lowest BCUT2D eigenvalue weighted by molar-refractivity contribution is 0.103. The van der Waals surface area contributed by atoms with Gasteiger partial charge in [0.25, 0.3) is 0 Å². The molecule has 0 saturated carbocycles. The van der Waals surface area contributed by atoms with Crippen LogP contribution in [-0.2, 0) is 0 Å². The van der Waals surface area contributed by atoms with E-state index in [1.807, 2.05) is 0 Å². The number of benzene rings is 2. The zero-order valence-electron chi connectivity index (χ0n) is 9.51. The molecule has 0 aromatic heterocycles. The first-order valence-electron chi connectivity index (χ1n) is 5.25. The smallest absolute Gasteiger partial charge is 0.197 e. The minimum atomic E-state index is -0.627. The Morgan fingerprint density at radius 2 is 1.89 bits per heavy atom. The van der Waals surface area contributed by atoms with Gasteiger partial charge in [-0.05, 0) is 52.7 Å². The Morgan fingerprint density at radius 3 is 2.56 bits per heavy atom. The Hall–Kier alpha value is -1.55. The van der Waals surface area contributed by atoms with Crippen molar-refractivity contribution in [2.75, 3.05) is 0 Å². The molecule has 0 aliphatic heterocycles. The Labute approximate surface area is 112 Å². The zero-order chi connectivity index (χ0) is 13.3. The van der Waals surface area contributed by atoms with E-state index >= 15 is 0 Å². The molecular weight excluding hydrogens is 302 g/mol. The van der Waals surface area contributed by atoms with Gasteiger partial charge in [-0.1, -0.05) is 12.1 Å². The van der Waals surface area contributed by atoms with Gasteiger partial charge in [0.2, 0.25) is 0 Å².